The van der Waals surface area contributed by atoms with E-state index in [1.54, 1.807) is 4.90 Å². The first-order valence-electron chi connectivity index (χ1n) is 5.76. The number of carbonyl (C=O) groups excluding carboxylic acids is 2. The Morgan fingerprint density at radius 2 is 2.22 bits per heavy atom. The highest BCUT2D eigenvalue weighted by molar-refractivity contribution is 14.1. The summed E-state index contributed by atoms with van der Waals surface area (Å²) >= 11 is 5.54. The zero-order valence-corrected chi connectivity index (χ0v) is 13.7. The largest absolute Gasteiger partial charge is 0.337 e. The van der Waals surface area contributed by atoms with Crippen molar-refractivity contribution in [3.8, 4) is 0 Å². The third-order valence-electron chi connectivity index (χ3n) is 3.12. The number of piperidine rings is 1. The van der Waals surface area contributed by atoms with Crippen LogP contribution < -0.4 is 0 Å². The zero-order chi connectivity index (χ0) is 13.3. The highest BCUT2D eigenvalue weighted by atomic mass is 127. The molecule has 0 bridgehead atoms. The van der Waals surface area contributed by atoms with Crippen molar-refractivity contribution >= 4 is 50.2 Å². The van der Waals surface area contributed by atoms with Gasteiger partial charge in [-0.25, -0.2) is 0 Å². The van der Waals surface area contributed by atoms with Gasteiger partial charge in [0, 0.05) is 33.5 Å². The summed E-state index contributed by atoms with van der Waals surface area (Å²) in [4.78, 5) is 25.7. The SMILES string of the molecule is CC1CN(C(=O)c2cc(Br)ccc2I)CCC1=O. The summed E-state index contributed by atoms with van der Waals surface area (Å²) in [6.07, 6.45) is 0.470. The first-order valence-corrected chi connectivity index (χ1v) is 7.63. The maximum atomic E-state index is 12.4. The molecule has 1 aliphatic heterocycles. The second-order valence-corrected chi connectivity index (χ2v) is 6.57. The Morgan fingerprint density at radius 3 is 2.89 bits per heavy atom. The molecule has 5 heteroatoms. The molecule has 96 valence electrons. The molecule has 1 saturated heterocycles. The van der Waals surface area contributed by atoms with E-state index < -0.39 is 0 Å². The van der Waals surface area contributed by atoms with Gasteiger partial charge in [0.05, 0.1) is 5.56 Å². The molecule has 0 spiro atoms. The molecule has 1 unspecified atom stereocenters. The molecule has 1 aromatic carbocycles. The van der Waals surface area contributed by atoms with Crippen molar-refractivity contribution in [2.45, 2.75) is 13.3 Å². The minimum absolute atomic E-state index is 0.0139. The smallest absolute Gasteiger partial charge is 0.255 e. The van der Waals surface area contributed by atoms with Gasteiger partial charge in [0.2, 0.25) is 0 Å². The van der Waals surface area contributed by atoms with Crippen LogP contribution in [0.25, 0.3) is 0 Å². The van der Waals surface area contributed by atoms with Gasteiger partial charge in [-0.1, -0.05) is 22.9 Å². The molecule has 1 amide bonds. The van der Waals surface area contributed by atoms with E-state index in [9.17, 15) is 9.59 Å². The maximum absolute atomic E-state index is 12.4. The van der Waals surface area contributed by atoms with E-state index >= 15 is 0 Å². The first-order chi connectivity index (χ1) is 8.49. The summed E-state index contributed by atoms with van der Waals surface area (Å²) in [7, 11) is 0. The lowest BCUT2D eigenvalue weighted by Gasteiger charge is -2.30. The zero-order valence-electron chi connectivity index (χ0n) is 9.95. The van der Waals surface area contributed by atoms with E-state index in [-0.39, 0.29) is 17.6 Å². The number of Topliss-reactive ketones (excluding diaryl/α,β-unsaturated/α-hetero) is 1. The second-order valence-electron chi connectivity index (χ2n) is 4.49. The van der Waals surface area contributed by atoms with Crippen molar-refractivity contribution in [3.63, 3.8) is 0 Å². The van der Waals surface area contributed by atoms with Gasteiger partial charge in [0.25, 0.3) is 5.91 Å². The number of ketones is 1. The Morgan fingerprint density at radius 1 is 1.50 bits per heavy atom. The van der Waals surface area contributed by atoms with Crippen molar-refractivity contribution in [2.75, 3.05) is 13.1 Å². The van der Waals surface area contributed by atoms with E-state index in [4.69, 9.17) is 0 Å². The molecular weight excluding hydrogens is 409 g/mol. The minimum Gasteiger partial charge on any atom is -0.337 e. The second kappa shape index (κ2) is 5.69. The third-order valence-corrected chi connectivity index (χ3v) is 4.55. The number of likely N-dealkylation sites (tertiary alicyclic amines) is 1. The predicted octanol–water partition coefficient (Wildman–Crippen LogP) is 3.10. The minimum atomic E-state index is -0.0486. The van der Waals surface area contributed by atoms with Crippen LogP contribution in [0.5, 0.6) is 0 Å². The van der Waals surface area contributed by atoms with Gasteiger partial charge in [0.15, 0.2) is 0 Å². The van der Waals surface area contributed by atoms with Crippen LogP contribution in [0.3, 0.4) is 0 Å². The number of amides is 1. The molecule has 18 heavy (non-hydrogen) atoms. The van der Waals surface area contributed by atoms with Gasteiger partial charge in [-0.2, -0.15) is 0 Å². The van der Waals surface area contributed by atoms with Crippen LogP contribution in [0, 0.1) is 9.49 Å². The number of hydrogen-bond acceptors (Lipinski definition) is 2. The van der Waals surface area contributed by atoms with Crippen LogP contribution in [-0.4, -0.2) is 29.7 Å². The molecule has 1 aliphatic rings. The van der Waals surface area contributed by atoms with Crippen LogP contribution in [0.2, 0.25) is 0 Å². The van der Waals surface area contributed by atoms with E-state index in [0.717, 1.165) is 8.04 Å². The Balaban J connectivity index is 2.21. The van der Waals surface area contributed by atoms with Crippen molar-refractivity contribution in [1.82, 2.24) is 4.90 Å². The number of nitrogens with zero attached hydrogens (tertiary/aromatic N) is 1. The summed E-state index contributed by atoms with van der Waals surface area (Å²) in [5.74, 6) is 0.218. The topological polar surface area (TPSA) is 37.4 Å². The van der Waals surface area contributed by atoms with Crippen molar-refractivity contribution in [2.24, 2.45) is 5.92 Å². The Labute approximate surface area is 128 Å². The van der Waals surface area contributed by atoms with Crippen LogP contribution in [-0.2, 0) is 4.79 Å². The molecule has 3 nitrogen and oxygen atoms in total. The van der Waals surface area contributed by atoms with Crippen LogP contribution in [0.1, 0.15) is 23.7 Å². The average molecular weight is 422 g/mol. The lowest BCUT2D eigenvalue weighted by atomic mass is 9.98. The Kier molecular flexibility index (Phi) is 4.42. The average Bonchev–Trinajstić information content (AvgIpc) is 2.35. The van der Waals surface area contributed by atoms with Crippen LogP contribution in [0.15, 0.2) is 22.7 Å². The van der Waals surface area contributed by atoms with Gasteiger partial charge in [-0.3, -0.25) is 9.59 Å². The monoisotopic (exact) mass is 421 g/mol. The third kappa shape index (κ3) is 2.93. The van der Waals surface area contributed by atoms with Crippen molar-refractivity contribution < 1.29 is 9.59 Å². The number of carbonyl (C=O) groups is 2. The highest BCUT2D eigenvalue weighted by Crippen LogP contribution is 2.22. The van der Waals surface area contributed by atoms with E-state index in [1.165, 1.54) is 0 Å². The normalized spacial score (nSPS) is 20.1. The molecule has 0 N–H and O–H groups in total. The maximum Gasteiger partial charge on any atom is 0.255 e. The number of hydrogen-bond donors (Lipinski definition) is 0. The Bertz CT molecular complexity index is 504. The number of benzene rings is 1. The predicted molar refractivity (Wildman–Crippen MR) is 81.6 cm³/mol. The van der Waals surface area contributed by atoms with E-state index in [1.807, 2.05) is 25.1 Å². The first kappa shape index (κ1) is 14.0. The van der Waals surface area contributed by atoms with Crippen molar-refractivity contribution in [3.05, 3.63) is 31.8 Å². The number of rotatable bonds is 1. The fourth-order valence-corrected chi connectivity index (χ4v) is 2.96. The molecule has 1 heterocycles. The van der Waals surface area contributed by atoms with E-state index in [2.05, 4.69) is 38.5 Å². The lowest BCUT2D eigenvalue weighted by molar-refractivity contribution is -0.124. The summed E-state index contributed by atoms with van der Waals surface area (Å²) < 4.78 is 1.83. The molecule has 1 aromatic rings. The standard InChI is InChI=1S/C13H13BrINO2/c1-8-7-16(5-4-12(8)17)13(18)10-6-9(14)2-3-11(10)15/h2-3,6,8H,4-5,7H2,1H3. The lowest BCUT2D eigenvalue weighted by Crippen LogP contribution is -2.43. The highest BCUT2D eigenvalue weighted by Gasteiger charge is 2.28. The fourth-order valence-electron chi connectivity index (χ4n) is 2.03. The fraction of sp³-hybridized carbons (Fsp3) is 0.385. The molecular formula is C13H13BrINO2. The molecule has 0 aliphatic carbocycles. The van der Waals surface area contributed by atoms with Gasteiger partial charge in [-0.15, -0.1) is 0 Å². The molecule has 1 fully saturated rings. The van der Waals surface area contributed by atoms with Gasteiger partial charge >= 0.3 is 0 Å². The van der Waals surface area contributed by atoms with Gasteiger partial charge in [0.1, 0.15) is 5.78 Å². The summed E-state index contributed by atoms with van der Waals surface area (Å²) in [5.41, 5.74) is 0.700. The van der Waals surface area contributed by atoms with E-state index in [0.29, 0.717) is 25.1 Å². The summed E-state index contributed by atoms with van der Waals surface area (Å²) in [6.45, 7) is 2.94. The molecule has 0 saturated carbocycles. The van der Waals surface area contributed by atoms with Crippen LogP contribution >= 0.6 is 38.5 Å². The molecule has 1 atom stereocenters. The van der Waals surface area contributed by atoms with Gasteiger partial charge < -0.3 is 4.90 Å². The molecule has 0 radical (unpaired) electrons. The quantitative estimate of drug-likeness (QED) is 0.653. The van der Waals surface area contributed by atoms with Crippen LogP contribution in [0.4, 0.5) is 0 Å². The van der Waals surface area contributed by atoms with Gasteiger partial charge in [-0.05, 0) is 40.8 Å². The molecule has 0 aromatic heterocycles. The van der Waals surface area contributed by atoms with Crippen molar-refractivity contribution in [1.29, 1.82) is 0 Å². The Hall–Kier alpha value is -0.430. The summed E-state index contributed by atoms with van der Waals surface area (Å²) in [5, 5.41) is 0. The molecule has 2 rings (SSSR count). The number of halogens is 2. The summed E-state index contributed by atoms with van der Waals surface area (Å²) in [6, 6.07) is 5.67.